The molecular weight excluding hydrogens is 333 g/mol. The van der Waals surface area contributed by atoms with E-state index in [4.69, 9.17) is 0 Å². The van der Waals surface area contributed by atoms with Gasteiger partial charge in [-0.1, -0.05) is 47.1 Å². The second kappa shape index (κ2) is 6.56. The summed E-state index contributed by atoms with van der Waals surface area (Å²) in [6, 6.07) is 9.96. The first-order chi connectivity index (χ1) is 10.0. The van der Waals surface area contributed by atoms with Crippen LogP contribution in [0.1, 0.15) is 37.0 Å². The third-order valence-electron chi connectivity index (χ3n) is 3.96. The van der Waals surface area contributed by atoms with Gasteiger partial charge in [0.05, 0.1) is 0 Å². The van der Waals surface area contributed by atoms with E-state index in [2.05, 4.69) is 21.2 Å². The molecule has 1 atom stereocenters. The van der Waals surface area contributed by atoms with E-state index >= 15 is 0 Å². The van der Waals surface area contributed by atoms with Crippen LogP contribution in [0.3, 0.4) is 0 Å². The van der Waals surface area contributed by atoms with Crippen LogP contribution in [0, 0.1) is 5.82 Å². The van der Waals surface area contributed by atoms with Crippen molar-refractivity contribution in [2.75, 3.05) is 5.33 Å². The Morgan fingerprint density at radius 3 is 2.52 bits per heavy atom. The molecule has 0 saturated carbocycles. The summed E-state index contributed by atoms with van der Waals surface area (Å²) in [6.45, 7) is 4.07. The Morgan fingerprint density at radius 2 is 1.90 bits per heavy atom. The monoisotopic (exact) mass is 351 g/mol. The van der Waals surface area contributed by atoms with Crippen LogP contribution >= 0.6 is 15.9 Å². The Kier molecular flexibility index (Phi) is 4.99. The summed E-state index contributed by atoms with van der Waals surface area (Å²) < 4.78 is 13.8. The van der Waals surface area contributed by atoms with Gasteiger partial charge in [-0.25, -0.2) is 4.39 Å². The van der Waals surface area contributed by atoms with Crippen molar-refractivity contribution in [3.63, 3.8) is 0 Å². The number of benzene rings is 2. The fourth-order valence-corrected chi connectivity index (χ4v) is 3.21. The maximum absolute atomic E-state index is 13.8. The Labute approximate surface area is 132 Å². The number of hydrogen-bond donors (Lipinski definition) is 1. The van der Waals surface area contributed by atoms with Crippen LogP contribution in [-0.2, 0) is 0 Å². The predicted molar refractivity (Wildman–Crippen MR) is 88.5 cm³/mol. The van der Waals surface area contributed by atoms with Crippen LogP contribution in [-0.4, -0.2) is 16.8 Å². The van der Waals surface area contributed by atoms with Gasteiger partial charge in [0, 0.05) is 21.8 Å². The maximum Gasteiger partial charge on any atom is 0.252 e. The number of carbonyl (C=O) groups excluding carboxylic acids is 1. The van der Waals surface area contributed by atoms with Crippen molar-refractivity contribution in [3.8, 4) is 0 Å². The standard InChI is InChI=1S/C17H19BrFNO/c1-3-17(2,10-11-18)20-16(21)14-8-9-15(19)13-7-5-4-6-12(13)14/h4-9H,3,10-11H2,1-2H3,(H,20,21). The second-order valence-electron chi connectivity index (χ2n) is 5.45. The molecule has 0 radical (unpaired) electrons. The molecule has 0 aliphatic carbocycles. The van der Waals surface area contributed by atoms with Gasteiger partial charge in [0.2, 0.25) is 0 Å². The lowest BCUT2D eigenvalue weighted by Gasteiger charge is -2.29. The van der Waals surface area contributed by atoms with E-state index in [-0.39, 0.29) is 17.3 Å². The van der Waals surface area contributed by atoms with Gasteiger partial charge in [-0.05, 0) is 37.3 Å². The minimum absolute atomic E-state index is 0.156. The number of hydrogen-bond acceptors (Lipinski definition) is 1. The highest BCUT2D eigenvalue weighted by Gasteiger charge is 2.25. The van der Waals surface area contributed by atoms with E-state index < -0.39 is 0 Å². The topological polar surface area (TPSA) is 29.1 Å². The summed E-state index contributed by atoms with van der Waals surface area (Å²) in [5.41, 5.74) is 0.247. The van der Waals surface area contributed by atoms with Crippen molar-refractivity contribution in [1.29, 1.82) is 0 Å². The molecule has 0 bridgehead atoms. The molecule has 0 aliphatic rings. The lowest BCUT2D eigenvalue weighted by molar-refractivity contribution is 0.0903. The third kappa shape index (κ3) is 3.43. The molecule has 21 heavy (non-hydrogen) atoms. The normalized spacial score (nSPS) is 13.9. The summed E-state index contributed by atoms with van der Waals surface area (Å²) in [5, 5.41) is 5.02. The number of alkyl halides is 1. The Hall–Kier alpha value is -1.42. The molecule has 1 amide bonds. The van der Waals surface area contributed by atoms with Gasteiger partial charge >= 0.3 is 0 Å². The molecule has 0 aliphatic heterocycles. The SMILES string of the molecule is CCC(C)(CCBr)NC(=O)c1ccc(F)c2ccccc12. The molecule has 2 nitrogen and oxygen atoms in total. The highest BCUT2D eigenvalue weighted by molar-refractivity contribution is 9.09. The van der Waals surface area contributed by atoms with Gasteiger partial charge in [-0.3, -0.25) is 4.79 Å². The van der Waals surface area contributed by atoms with Crippen molar-refractivity contribution < 1.29 is 9.18 Å². The Morgan fingerprint density at radius 1 is 1.24 bits per heavy atom. The number of halogens is 2. The van der Waals surface area contributed by atoms with Crippen LogP contribution in [0.5, 0.6) is 0 Å². The average molecular weight is 352 g/mol. The minimum Gasteiger partial charge on any atom is -0.347 e. The predicted octanol–water partition coefficient (Wildman–Crippen LogP) is 4.66. The molecule has 0 heterocycles. The number of carbonyl (C=O) groups is 1. The molecule has 2 aromatic carbocycles. The summed E-state index contributed by atoms with van der Waals surface area (Å²) in [7, 11) is 0. The summed E-state index contributed by atoms with van der Waals surface area (Å²) in [5.74, 6) is -0.461. The van der Waals surface area contributed by atoms with Crippen molar-refractivity contribution >= 4 is 32.6 Å². The molecule has 1 N–H and O–H groups in total. The summed E-state index contributed by atoms with van der Waals surface area (Å²) >= 11 is 3.42. The molecule has 0 fully saturated rings. The number of nitrogens with one attached hydrogen (secondary N) is 1. The van der Waals surface area contributed by atoms with Gasteiger partial charge in [0.15, 0.2) is 0 Å². The molecule has 0 spiro atoms. The van der Waals surface area contributed by atoms with E-state index in [0.717, 1.165) is 18.2 Å². The summed E-state index contributed by atoms with van der Waals surface area (Å²) in [4.78, 5) is 12.6. The number of amides is 1. The highest BCUT2D eigenvalue weighted by atomic mass is 79.9. The molecule has 2 rings (SSSR count). The van der Waals surface area contributed by atoms with E-state index in [1.165, 1.54) is 6.07 Å². The molecule has 1 unspecified atom stereocenters. The van der Waals surface area contributed by atoms with E-state index in [1.54, 1.807) is 24.3 Å². The van der Waals surface area contributed by atoms with Crippen LogP contribution in [0.4, 0.5) is 4.39 Å². The quantitative estimate of drug-likeness (QED) is 0.779. The van der Waals surface area contributed by atoms with Crippen LogP contribution in [0.25, 0.3) is 10.8 Å². The average Bonchev–Trinajstić information content (AvgIpc) is 2.48. The van der Waals surface area contributed by atoms with E-state index in [0.29, 0.717) is 16.3 Å². The smallest absolute Gasteiger partial charge is 0.252 e. The van der Waals surface area contributed by atoms with Crippen LogP contribution in [0.15, 0.2) is 36.4 Å². The van der Waals surface area contributed by atoms with Crippen molar-refractivity contribution in [1.82, 2.24) is 5.32 Å². The largest absolute Gasteiger partial charge is 0.347 e. The zero-order valence-corrected chi connectivity index (χ0v) is 13.8. The van der Waals surface area contributed by atoms with Crippen LogP contribution in [0.2, 0.25) is 0 Å². The first kappa shape index (κ1) is 16.0. The van der Waals surface area contributed by atoms with Crippen molar-refractivity contribution in [2.45, 2.75) is 32.2 Å². The maximum atomic E-state index is 13.8. The third-order valence-corrected chi connectivity index (χ3v) is 4.35. The minimum atomic E-state index is -0.305. The zero-order valence-electron chi connectivity index (χ0n) is 12.2. The van der Waals surface area contributed by atoms with E-state index in [1.807, 2.05) is 19.9 Å². The zero-order chi connectivity index (χ0) is 15.5. The second-order valence-corrected chi connectivity index (χ2v) is 6.24. The molecule has 0 aromatic heterocycles. The fourth-order valence-electron chi connectivity index (χ4n) is 2.34. The molecular formula is C17H19BrFNO. The lowest BCUT2D eigenvalue weighted by atomic mass is 9.94. The fraction of sp³-hybridized carbons (Fsp3) is 0.353. The first-order valence-electron chi connectivity index (χ1n) is 7.06. The van der Waals surface area contributed by atoms with Crippen molar-refractivity contribution in [3.05, 3.63) is 47.8 Å². The Balaban J connectivity index is 2.38. The highest BCUT2D eigenvalue weighted by Crippen LogP contribution is 2.23. The summed E-state index contributed by atoms with van der Waals surface area (Å²) in [6.07, 6.45) is 1.68. The van der Waals surface area contributed by atoms with E-state index in [9.17, 15) is 9.18 Å². The van der Waals surface area contributed by atoms with Gasteiger partial charge in [-0.2, -0.15) is 0 Å². The lowest BCUT2D eigenvalue weighted by Crippen LogP contribution is -2.45. The van der Waals surface area contributed by atoms with Gasteiger partial charge in [0.1, 0.15) is 5.82 Å². The number of rotatable bonds is 5. The first-order valence-corrected chi connectivity index (χ1v) is 8.18. The van der Waals surface area contributed by atoms with Crippen LogP contribution < -0.4 is 5.32 Å². The Bertz CT molecular complexity index is 658. The molecule has 2 aromatic rings. The van der Waals surface area contributed by atoms with Gasteiger partial charge < -0.3 is 5.32 Å². The molecule has 0 saturated heterocycles. The number of fused-ring (bicyclic) bond motifs is 1. The molecule has 112 valence electrons. The van der Waals surface area contributed by atoms with Gasteiger partial charge in [0.25, 0.3) is 5.91 Å². The van der Waals surface area contributed by atoms with Gasteiger partial charge in [-0.15, -0.1) is 0 Å². The molecule has 4 heteroatoms. The van der Waals surface area contributed by atoms with Crippen molar-refractivity contribution in [2.24, 2.45) is 0 Å².